The second kappa shape index (κ2) is 7.64. The average Bonchev–Trinajstić information content (AvgIpc) is 3.20. The first kappa shape index (κ1) is 17.4. The van der Waals surface area contributed by atoms with Crippen LogP contribution >= 0.6 is 0 Å². The largest absolute Gasteiger partial charge is 0.465 e. The molecule has 1 aromatic rings. The van der Waals surface area contributed by atoms with Crippen molar-refractivity contribution in [2.75, 3.05) is 20.2 Å². The lowest BCUT2D eigenvalue weighted by atomic mass is 9.96. The molecular formula is C20H25N3O2. The van der Waals surface area contributed by atoms with E-state index >= 15 is 0 Å². The maximum Gasteiger partial charge on any atom is 0.352 e. The number of hydrogen-bond acceptors (Lipinski definition) is 3. The highest BCUT2D eigenvalue weighted by Gasteiger charge is 2.42. The average molecular weight is 339 g/mol. The minimum absolute atomic E-state index is 0.308. The molecule has 0 radical (unpaired) electrons. The molecule has 3 rings (SSSR count). The molecule has 0 N–H and O–H groups in total. The number of fused-ring (bicyclic) bond motifs is 1. The van der Waals surface area contributed by atoms with E-state index < -0.39 is 5.97 Å². The minimum Gasteiger partial charge on any atom is -0.465 e. The summed E-state index contributed by atoms with van der Waals surface area (Å²) >= 11 is 0. The lowest BCUT2D eigenvalue weighted by Crippen LogP contribution is -2.30. The number of aliphatic imine (C=N–C) groups is 2. The minimum atomic E-state index is -0.430. The number of hydrogen-bond donors (Lipinski definition) is 0. The van der Waals surface area contributed by atoms with E-state index in [0.29, 0.717) is 29.4 Å². The van der Waals surface area contributed by atoms with E-state index in [4.69, 9.17) is 4.74 Å². The van der Waals surface area contributed by atoms with E-state index in [1.54, 1.807) is 6.92 Å². The molecular weight excluding hydrogens is 314 g/mol. The van der Waals surface area contributed by atoms with Crippen LogP contribution in [0, 0.1) is 11.8 Å². The molecule has 1 saturated heterocycles. The maximum atomic E-state index is 11.6. The number of rotatable bonds is 3. The Bertz CT molecular complexity index is 682. The van der Waals surface area contributed by atoms with Crippen molar-refractivity contribution in [3.8, 4) is 0 Å². The van der Waals surface area contributed by atoms with Gasteiger partial charge in [-0.3, -0.25) is 0 Å². The third kappa shape index (κ3) is 3.81. The smallest absolute Gasteiger partial charge is 0.352 e. The molecule has 1 aliphatic heterocycles. The Morgan fingerprint density at radius 3 is 2.44 bits per heavy atom. The van der Waals surface area contributed by atoms with Gasteiger partial charge in [0.2, 0.25) is 5.96 Å². The van der Waals surface area contributed by atoms with Crippen LogP contribution in [0.15, 0.2) is 53.1 Å². The van der Waals surface area contributed by atoms with Crippen LogP contribution in [-0.4, -0.2) is 42.7 Å². The van der Waals surface area contributed by atoms with Gasteiger partial charge in [0.15, 0.2) is 0 Å². The van der Waals surface area contributed by atoms with Crippen LogP contribution in [-0.2, 0) is 9.53 Å². The van der Waals surface area contributed by atoms with Crippen LogP contribution in [0.5, 0.6) is 0 Å². The van der Waals surface area contributed by atoms with E-state index in [9.17, 15) is 4.79 Å². The van der Waals surface area contributed by atoms with Crippen LogP contribution in [0.2, 0.25) is 0 Å². The lowest BCUT2D eigenvalue weighted by molar-refractivity contribution is -0.132. The van der Waals surface area contributed by atoms with E-state index in [2.05, 4.69) is 51.8 Å². The highest BCUT2D eigenvalue weighted by molar-refractivity contribution is 6.37. The topological polar surface area (TPSA) is 54.3 Å². The summed E-state index contributed by atoms with van der Waals surface area (Å²) in [7, 11) is 1.36. The molecule has 2 unspecified atom stereocenters. The molecule has 2 fully saturated rings. The van der Waals surface area contributed by atoms with Crippen molar-refractivity contribution in [2.24, 2.45) is 21.8 Å². The Balaban J connectivity index is 1.68. The van der Waals surface area contributed by atoms with Gasteiger partial charge in [0.05, 0.1) is 7.11 Å². The van der Waals surface area contributed by atoms with Gasteiger partial charge >= 0.3 is 5.97 Å². The van der Waals surface area contributed by atoms with Gasteiger partial charge in [-0.25, -0.2) is 14.8 Å². The second-order valence-electron chi connectivity index (χ2n) is 6.80. The van der Waals surface area contributed by atoms with Gasteiger partial charge < -0.3 is 9.64 Å². The summed E-state index contributed by atoms with van der Waals surface area (Å²) in [5, 5.41) is 0. The summed E-state index contributed by atoms with van der Waals surface area (Å²) in [6, 6.07) is 10.8. The Morgan fingerprint density at radius 1 is 1.24 bits per heavy atom. The zero-order chi connectivity index (χ0) is 17.8. The van der Waals surface area contributed by atoms with Crippen molar-refractivity contribution in [1.29, 1.82) is 0 Å². The van der Waals surface area contributed by atoms with Crippen molar-refractivity contribution in [3.63, 3.8) is 0 Å². The fourth-order valence-corrected chi connectivity index (χ4v) is 4.07. The number of nitrogens with zero attached hydrogens (tertiary/aromatic N) is 3. The summed E-state index contributed by atoms with van der Waals surface area (Å²) in [6.07, 6.45) is 3.88. The van der Waals surface area contributed by atoms with Gasteiger partial charge in [0.25, 0.3) is 0 Å². The van der Waals surface area contributed by atoms with Crippen LogP contribution in [0.1, 0.15) is 31.2 Å². The van der Waals surface area contributed by atoms with E-state index in [1.165, 1.54) is 31.7 Å². The lowest BCUT2D eigenvalue weighted by Gasteiger charge is -2.20. The van der Waals surface area contributed by atoms with E-state index in [-0.39, 0.29) is 0 Å². The first-order valence-electron chi connectivity index (χ1n) is 8.74. The normalized spacial score (nSPS) is 26.5. The standard InChI is InChI=1S/C20H25N3O2/c1-4-21-20(22-14(2)19(24)25-3)23-12-17-10-16(11-18(17)13-23)15-8-6-5-7-9-15/h4-9,16-18H,1,10-13H2,2-3H3. The molecule has 0 amide bonds. The first-order valence-corrected chi connectivity index (χ1v) is 8.74. The first-order chi connectivity index (χ1) is 12.1. The number of esters is 1. The Hall–Kier alpha value is -2.43. The number of guanidine groups is 1. The molecule has 2 aliphatic rings. The SMILES string of the molecule is C=CN=C(N=C(C)C(=O)OC)N1CC2CC(c3ccccc3)CC2C1. The Labute approximate surface area is 149 Å². The highest BCUT2D eigenvalue weighted by atomic mass is 16.5. The second-order valence-corrected chi connectivity index (χ2v) is 6.80. The maximum absolute atomic E-state index is 11.6. The van der Waals surface area contributed by atoms with Gasteiger partial charge in [-0.15, -0.1) is 0 Å². The third-order valence-electron chi connectivity index (χ3n) is 5.26. The van der Waals surface area contributed by atoms with Crippen molar-refractivity contribution >= 4 is 17.6 Å². The number of likely N-dealkylation sites (tertiary alicyclic amines) is 1. The van der Waals surface area contributed by atoms with Crippen molar-refractivity contribution in [3.05, 3.63) is 48.7 Å². The molecule has 0 aromatic heterocycles. The zero-order valence-corrected chi connectivity index (χ0v) is 14.9. The summed E-state index contributed by atoms with van der Waals surface area (Å²) < 4.78 is 4.72. The fourth-order valence-electron chi connectivity index (χ4n) is 4.07. The molecule has 1 aromatic carbocycles. The molecule has 1 aliphatic carbocycles. The van der Waals surface area contributed by atoms with Gasteiger partial charge in [-0.1, -0.05) is 36.9 Å². The quantitative estimate of drug-likeness (QED) is 0.482. The van der Waals surface area contributed by atoms with Gasteiger partial charge in [0.1, 0.15) is 5.71 Å². The molecule has 132 valence electrons. The van der Waals surface area contributed by atoms with Crippen LogP contribution in [0.25, 0.3) is 0 Å². The fraction of sp³-hybridized carbons (Fsp3) is 0.450. The summed E-state index contributed by atoms with van der Waals surface area (Å²) in [5.74, 6) is 2.07. The molecule has 2 atom stereocenters. The van der Waals surface area contributed by atoms with Crippen LogP contribution < -0.4 is 0 Å². The number of carbonyl (C=O) groups is 1. The monoisotopic (exact) mass is 339 g/mol. The van der Waals surface area contributed by atoms with Crippen molar-refractivity contribution in [1.82, 2.24) is 4.90 Å². The number of benzene rings is 1. The molecule has 0 spiro atoms. The Morgan fingerprint density at radius 2 is 1.88 bits per heavy atom. The summed E-state index contributed by atoms with van der Waals surface area (Å²) in [5.41, 5.74) is 1.75. The zero-order valence-electron chi connectivity index (χ0n) is 14.9. The summed E-state index contributed by atoms with van der Waals surface area (Å²) in [4.78, 5) is 22.4. The van der Waals surface area contributed by atoms with E-state index in [0.717, 1.165) is 13.1 Å². The van der Waals surface area contributed by atoms with Gasteiger partial charge in [-0.2, -0.15) is 0 Å². The number of carbonyl (C=O) groups excluding carboxylic acids is 1. The predicted octanol–water partition coefficient (Wildman–Crippen LogP) is 3.25. The molecule has 0 bridgehead atoms. The van der Waals surface area contributed by atoms with Crippen LogP contribution in [0.4, 0.5) is 0 Å². The van der Waals surface area contributed by atoms with Gasteiger partial charge in [-0.05, 0) is 43.1 Å². The highest BCUT2D eigenvalue weighted by Crippen LogP contribution is 2.46. The predicted molar refractivity (Wildman–Crippen MR) is 99.7 cm³/mol. The number of methoxy groups -OCH3 is 1. The van der Waals surface area contributed by atoms with Crippen molar-refractivity contribution < 1.29 is 9.53 Å². The molecule has 1 heterocycles. The van der Waals surface area contributed by atoms with E-state index in [1.807, 2.05) is 0 Å². The number of ether oxygens (including phenoxy) is 1. The Kier molecular flexibility index (Phi) is 5.31. The molecule has 5 nitrogen and oxygen atoms in total. The van der Waals surface area contributed by atoms with Gasteiger partial charge in [0, 0.05) is 19.3 Å². The molecule has 25 heavy (non-hydrogen) atoms. The molecule has 5 heteroatoms. The molecule has 1 saturated carbocycles. The van der Waals surface area contributed by atoms with Crippen molar-refractivity contribution in [2.45, 2.75) is 25.7 Å². The third-order valence-corrected chi connectivity index (χ3v) is 5.26. The summed E-state index contributed by atoms with van der Waals surface area (Å²) in [6.45, 7) is 7.17. The van der Waals surface area contributed by atoms with Crippen LogP contribution in [0.3, 0.4) is 0 Å².